The molecule has 2 rings (SSSR count). The van der Waals surface area contributed by atoms with Crippen LogP contribution in [0, 0.1) is 6.07 Å². The highest BCUT2D eigenvalue weighted by Gasteiger charge is 2.19. The lowest BCUT2D eigenvalue weighted by Gasteiger charge is -2.25. The fourth-order valence-corrected chi connectivity index (χ4v) is 2.59. The Bertz CT molecular complexity index is 247. The van der Waals surface area contributed by atoms with E-state index >= 15 is 0 Å². The maximum absolute atomic E-state index is 3.68. The molecule has 0 N–H and O–H groups in total. The molecule has 0 aliphatic heterocycles. The lowest BCUT2D eigenvalue weighted by Crippen LogP contribution is -2.12. The first-order chi connectivity index (χ1) is 6.36. The van der Waals surface area contributed by atoms with Crippen molar-refractivity contribution in [3.63, 3.8) is 0 Å². The molecule has 0 heterocycles. The molecule has 0 atom stereocenters. The summed E-state index contributed by atoms with van der Waals surface area (Å²) in [5.74, 6) is 0.795. The highest BCUT2D eigenvalue weighted by Crippen LogP contribution is 2.35. The van der Waals surface area contributed by atoms with Gasteiger partial charge in [-0.1, -0.05) is 40.2 Å². The van der Waals surface area contributed by atoms with Crippen molar-refractivity contribution in [2.24, 2.45) is 0 Å². The van der Waals surface area contributed by atoms with Crippen molar-refractivity contribution in [2.45, 2.75) is 36.4 Å². The lowest BCUT2D eigenvalue weighted by molar-refractivity contribution is 0.457. The summed E-state index contributed by atoms with van der Waals surface area (Å²) >= 11 is 3.68. The van der Waals surface area contributed by atoms with Crippen LogP contribution < -0.4 is 0 Å². The fourth-order valence-electron chi connectivity index (χ4n) is 2.06. The lowest BCUT2D eigenvalue weighted by atomic mass is 9.84. The molecular formula is C12H14Br. The predicted octanol–water partition coefficient (Wildman–Crippen LogP) is 3.91. The summed E-state index contributed by atoms with van der Waals surface area (Å²) in [6.45, 7) is 0. The van der Waals surface area contributed by atoms with Gasteiger partial charge in [0, 0.05) is 4.83 Å². The molecule has 1 fully saturated rings. The number of alkyl halides is 1. The molecule has 0 nitrogen and oxygen atoms in total. The largest absolute Gasteiger partial charge is 0.0891 e. The second kappa shape index (κ2) is 4.28. The van der Waals surface area contributed by atoms with Crippen LogP contribution in [0.1, 0.15) is 37.2 Å². The van der Waals surface area contributed by atoms with Crippen molar-refractivity contribution in [3.8, 4) is 0 Å². The third kappa shape index (κ3) is 2.34. The summed E-state index contributed by atoms with van der Waals surface area (Å²) in [6.07, 6.45) is 5.31. The monoisotopic (exact) mass is 237 g/mol. The Hall–Kier alpha value is -0.300. The van der Waals surface area contributed by atoms with Crippen molar-refractivity contribution in [1.29, 1.82) is 0 Å². The molecule has 69 valence electrons. The molecule has 1 aromatic carbocycles. The molecule has 1 radical (unpaired) electrons. The quantitative estimate of drug-likeness (QED) is 0.651. The minimum atomic E-state index is 0.763. The Labute approximate surface area is 88.5 Å². The van der Waals surface area contributed by atoms with Gasteiger partial charge >= 0.3 is 0 Å². The van der Waals surface area contributed by atoms with E-state index < -0.39 is 0 Å². The maximum atomic E-state index is 3.68. The zero-order chi connectivity index (χ0) is 9.10. The molecule has 0 spiro atoms. The van der Waals surface area contributed by atoms with E-state index in [0.717, 1.165) is 10.7 Å². The maximum Gasteiger partial charge on any atom is 0.0146 e. The summed E-state index contributed by atoms with van der Waals surface area (Å²) in [5.41, 5.74) is 1.50. The first-order valence-electron chi connectivity index (χ1n) is 4.96. The van der Waals surface area contributed by atoms with Gasteiger partial charge in [-0.15, -0.1) is 0 Å². The minimum Gasteiger partial charge on any atom is -0.0891 e. The number of halogens is 1. The van der Waals surface area contributed by atoms with Gasteiger partial charge in [0.25, 0.3) is 0 Å². The van der Waals surface area contributed by atoms with Gasteiger partial charge in [-0.05, 0) is 43.2 Å². The van der Waals surface area contributed by atoms with E-state index in [2.05, 4.69) is 34.1 Å². The van der Waals surface area contributed by atoms with Crippen LogP contribution >= 0.6 is 15.9 Å². The highest BCUT2D eigenvalue weighted by molar-refractivity contribution is 9.09. The Kier molecular flexibility index (Phi) is 3.05. The van der Waals surface area contributed by atoms with Gasteiger partial charge in [-0.2, -0.15) is 0 Å². The molecule has 1 heteroatoms. The van der Waals surface area contributed by atoms with Crippen molar-refractivity contribution >= 4 is 15.9 Å². The van der Waals surface area contributed by atoms with E-state index in [4.69, 9.17) is 0 Å². The first-order valence-corrected chi connectivity index (χ1v) is 5.88. The SMILES string of the molecule is BrC1CCC(c2cc[c]cc2)CC1. The van der Waals surface area contributed by atoms with Gasteiger partial charge in [0.2, 0.25) is 0 Å². The van der Waals surface area contributed by atoms with Crippen molar-refractivity contribution < 1.29 is 0 Å². The van der Waals surface area contributed by atoms with Gasteiger partial charge in [-0.3, -0.25) is 0 Å². The van der Waals surface area contributed by atoms with Crippen LogP contribution in [0.15, 0.2) is 24.3 Å². The topological polar surface area (TPSA) is 0 Å². The smallest absolute Gasteiger partial charge is 0.0146 e. The molecule has 0 unspecified atom stereocenters. The Morgan fingerprint density at radius 1 is 1.08 bits per heavy atom. The van der Waals surface area contributed by atoms with E-state index in [1.807, 2.05) is 12.1 Å². The third-order valence-electron chi connectivity index (χ3n) is 2.87. The zero-order valence-corrected chi connectivity index (χ0v) is 9.26. The standard InChI is InChI=1S/C12H14Br/c13-12-8-6-11(7-9-12)10-4-2-1-3-5-10/h2-5,11-12H,6-9H2. The van der Waals surface area contributed by atoms with E-state index in [9.17, 15) is 0 Å². The molecule has 0 saturated heterocycles. The normalized spacial score (nSPS) is 28.7. The van der Waals surface area contributed by atoms with E-state index in [0.29, 0.717) is 0 Å². The third-order valence-corrected chi connectivity index (χ3v) is 3.79. The molecule has 0 amide bonds. The predicted molar refractivity (Wildman–Crippen MR) is 59.2 cm³/mol. The summed E-state index contributed by atoms with van der Waals surface area (Å²) in [5, 5.41) is 0. The summed E-state index contributed by atoms with van der Waals surface area (Å²) in [7, 11) is 0. The van der Waals surface area contributed by atoms with Crippen LogP contribution in [-0.4, -0.2) is 4.83 Å². The molecule has 0 bridgehead atoms. The van der Waals surface area contributed by atoms with Crippen LogP contribution in [0.25, 0.3) is 0 Å². The molecular weight excluding hydrogens is 224 g/mol. The van der Waals surface area contributed by atoms with E-state index in [1.54, 1.807) is 0 Å². The number of hydrogen-bond donors (Lipinski definition) is 0. The second-order valence-electron chi connectivity index (χ2n) is 3.78. The molecule has 1 aromatic rings. The average Bonchev–Trinajstić information content (AvgIpc) is 2.20. The average molecular weight is 238 g/mol. The molecule has 1 aliphatic rings. The Morgan fingerprint density at radius 2 is 1.69 bits per heavy atom. The van der Waals surface area contributed by atoms with Crippen LogP contribution in [0.2, 0.25) is 0 Å². The van der Waals surface area contributed by atoms with Crippen molar-refractivity contribution in [2.75, 3.05) is 0 Å². The first kappa shape index (κ1) is 9.26. The molecule has 13 heavy (non-hydrogen) atoms. The second-order valence-corrected chi connectivity index (χ2v) is 5.08. The molecule has 1 aliphatic carbocycles. The van der Waals surface area contributed by atoms with Gasteiger partial charge in [0.15, 0.2) is 0 Å². The van der Waals surface area contributed by atoms with Crippen molar-refractivity contribution in [1.82, 2.24) is 0 Å². The van der Waals surface area contributed by atoms with Crippen LogP contribution in [0.4, 0.5) is 0 Å². The van der Waals surface area contributed by atoms with Gasteiger partial charge in [-0.25, -0.2) is 0 Å². The summed E-state index contributed by atoms with van der Waals surface area (Å²) < 4.78 is 0. The number of hydrogen-bond acceptors (Lipinski definition) is 0. The summed E-state index contributed by atoms with van der Waals surface area (Å²) in [6, 6.07) is 11.5. The zero-order valence-electron chi connectivity index (χ0n) is 7.67. The van der Waals surface area contributed by atoms with Gasteiger partial charge in [0.1, 0.15) is 0 Å². The van der Waals surface area contributed by atoms with Crippen LogP contribution in [-0.2, 0) is 0 Å². The van der Waals surface area contributed by atoms with Gasteiger partial charge in [0.05, 0.1) is 0 Å². The Balaban J connectivity index is 2.03. The van der Waals surface area contributed by atoms with Crippen molar-refractivity contribution in [3.05, 3.63) is 35.9 Å². The number of rotatable bonds is 1. The minimum absolute atomic E-state index is 0.763. The fraction of sp³-hybridized carbons (Fsp3) is 0.500. The highest BCUT2D eigenvalue weighted by atomic mass is 79.9. The number of benzene rings is 1. The van der Waals surface area contributed by atoms with Gasteiger partial charge < -0.3 is 0 Å². The van der Waals surface area contributed by atoms with E-state index in [1.165, 1.54) is 31.2 Å². The van der Waals surface area contributed by atoms with E-state index in [-0.39, 0.29) is 0 Å². The van der Waals surface area contributed by atoms with Crippen LogP contribution in [0.5, 0.6) is 0 Å². The van der Waals surface area contributed by atoms with Crippen LogP contribution in [0.3, 0.4) is 0 Å². The summed E-state index contributed by atoms with van der Waals surface area (Å²) in [4.78, 5) is 0.763. The Morgan fingerprint density at radius 3 is 2.31 bits per heavy atom. The molecule has 1 saturated carbocycles. The molecule has 0 aromatic heterocycles.